The standard InChI is InChI=1S/C13H23Cl2N3O/c1-4-11-13(15)12(18(5-2)17-11)9-16-10(8-14)6-7-19-3/h10,16H,4-9H2,1-3H3. The van der Waals surface area contributed by atoms with Crippen LogP contribution in [0.1, 0.15) is 31.7 Å². The van der Waals surface area contributed by atoms with Gasteiger partial charge in [-0.15, -0.1) is 11.6 Å². The number of alkyl halides is 1. The van der Waals surface area contributed by atoms with Crippen LogP contribution in [0.4, 0.5) is 0 Å². The number of hydrogen-bond acceptors (Lipinski definition) is 3. The normalized spacial score (nSPS) is 12.9. The predicted octanol–water partition coefficient (Wildman–Crippen LogP) is 2.85. The van der Waals surface area contributed by atoms with Crippen LogP contribution in [0.3, 0.4) is 0 Å². The second-order valence-corrected chi connectivity index (χ2v) is 5.08. The highest BCUT2D eigenvalue weighted by molar-refractivity contribution is 6.31. The lowest BCUT2D eigenvalue weighted by Gasteiger charge is -2.16. The monoisotopic (exact) mass is 307 g/mol. The molecule has 1 aromatic heterocycles. The van der Waals surface area contributed by atoms with Gasteiger partial charge in [0.05, 0.1) is 16.4 Å². The molecule has 0 spiro atoms. The molecule has 0 saturated carbocycles. The van der Waals surface area contributed by atoms with Crippen molar-refractivity contribution in [1.29, 1.82) is 0 Å². The molecule has 110 valence electrons. The van der Waals surface area contributed by atoms with Crippen LogP contribution in [0.15, 0.2) is 0 Å². The molecule has 1 unspecified atom stereocenters. The number of rotatable bonds is 9. The molecule has 6 heteroatoms. The minimum absolute atomic E-state index is 0.225. The summed E-state index contributed by atoms with van der Waals surface area (Å²) in [5, 5.41) is 8.69. The van der Waals surface area contributed by atoms with E-state index in [1.54, 1.807) is 7.11 Å². The minimum atomic E-state index is 0.225. The summed E-state index contributed by atoms with van der Waals surface area (Å²) in [6.45, 7) is 6.33. The summed E-state index contributed by atoms with van der Waals surface area (Å²) in [6, 6.07) is 0.225. The highest BCUT2D eigenvalue weighted by Crippen LogP contribution is 2.21. The average Bonchev–Trinajstić information content (AvgIpc) is 2.75. The molecule has 0 aliphatic heterocycles. The van der Waals surface area contributed by atoms with Gasteiger partial charge in [0.25, 0.3) is 0 Å². The van der Waals surface area contributed by atoms with E-state index in [-0.39, 0.29) is 6.04 Å². The Balaban J connectivity index is 2.67. The molecule has 0 aromatic carbocycles. The molecule has 0 aliphatic rings. The maximum absolute atomic E-state index is 6.36. The van der Waals surface area contributed by atoms with Gasteiger partial charge in [-0.25, -0.2) is 0 Å². The van der Waals surface area contributed by atoms with Crippen LogP contribution >= 0.6 is 23.2 Å². The fourth-order valence-electron chi connectivity index (χ4n) is 1.92. The summed E-state index contributed by atoms with van der Waals surface area (Å²) in [4.78, 5) is 0. The van der Waals surface area contributed by atoms with Gasteiger partial charge in [-0.1, -0.05) is 18.5 Å². The zero-order valence-corrected chi connectivity index (χ0v) is 13.4. The molecular weight excluding hydrogens is 285 g/mol. The maximum Gasteiger partial charge on any atom is 0.0863 e. The van der Waals surface area contributed by atoms with Crippen LogP contribution in [-0.4, -0.2) is 35.4 Å². The largest absolute Gasteiger partial charge is 0.385 e. The van der Waals surface area contributed by atoms with E-state index in [0.29, 0.717) is 19.0 Å². The Labute approximate surface area is 125 Å². The first-order valence-electron chi connectivity index (χ1n) is 6.70. The average molecular weight is 308 g/mol. The SMILES string of the molecule is CCc1nn(CC)c(CNC(CCl)CCOC)c1Cl. The van der Waals surface area contributed by atoms with Crippen molar-refractivity contribution in [1.82, 2.24) is 15.1 Å². The summed E-state index contributed by atoms with van der Waals surface area (Å²) >= 11 is 12.3. The summed E-state index contributed by atoms with van der Waals surface area (Å²) in [6.07, 6.45) is 1.74. The number of methoxy groups -OCH3 is 1. The van der Waals surface area contributed by atoms with Crippen LogP contribution in [0.25, 0.3) is 0 Å². The third kappa shape index (κ3) is 4.63. The number of aromatic nitrogens is 2. The number of halogens is 2. The number of nitrogens with zero attached hydrogens (tertiary/aromatic N) is 2. The lowest BCUT2D eigenvalue weighted by molar-refractivity contribution is 0.185. The summed E-state index contributed by atoms with van der Waals surface area (Å²) < 4.78 is 7.03. The maximum atomic E-state index is 6.36. The second kappa shape index (κ2) is 8.80. The van der Waals surface area contributed by atoms with E-state index in [1.807, 2.05) is 4.68 Å². The Bertz CT molecular complexity index is 382. The first-order valence-corrected chi connectivity index (χ1v) is 7.61. The van der Waals surface area contributed by atoms with E-state index in [0.717, 1.165) is 35.8 Å². The van der Waals surface area contributed by atoms with E-state index in [2.05, 4.69) is 24.3 Å². The Kier molecular flexibility index (Phi) is 7.76. The van der Waals surface area contributed by atoms with Crippen molar-refractivity contribution in [2.24, 2.45) is 0 Å². The second-order valence-electron chi connectivity index (χ2n) is 4.39. The molecule has 0 amide bonds. The zero-order valence-electron chi connectivity index (χ0n) is 11.9. The molecule has 1 aromatic rings. The van der Waals surface area contributed by atoms with Crippen LogP contribution in [0, 0.1) is 0 Å². The fourth-order valence-corrected chi connectivity index (χ4v) is 2.52. The quantitative estimate of drug-likeness (QED) is 0.713. The molecule has 1 N–H and O–H groups in total. The van der Waals surface area contributed by atoms with E-state index >= 15 is 0 Å². The Morgan fingerprint density at radius 3 is 2.68 bits per heavy atom. The lowest BCUT2D eigenvalue weighted by atomic mass is 10.2. The fraction of sp³-hybridized carbons (Fsp3) is 0.769. The molecule has 0 saturated heterocycles. The van der Waals surface area contributed by atoms with E-state index in [4.69, 9.17) is 27.9 Å². The molecule has 0 radical (unpaired) electrons. The summed E-state index contributed by atoms with van der Waals surface area (Å²) in [7, 11) is 1.70. The van der Waals surface area contributed by atoms with Gasteiger partial charge in [-0.05, 0) is 19.8 Å². The van der Waals surface area contributed by atoms with Crippen molar-refractivity contribution in [3.63, 3.8) is 0 Å². The summed E-state index contributed by atoms with van der Waals surface area (Å²) in [5.74, 6) is 0.557. The third-order valence-corrected chi connectivity index (χ3v) is 3.92. The molecule has 1 heterocycles. The molecule has 1 rings (SSSR count). The van der Waals surface area contributed by atoms with Gasteiger partial charge in [0.15, 0.2) is 0 Å². The van der Waals surface area contributed by atoms with Crippen LogP contribution in [-0.2, 0) is 24.2 Å². The molecule has 4 nitrogen and oxygen atoms in total. The zero-order chi connectivity index (χ0) is 14.3. The lowest BCUT2D eigenvalue weighted by Crippen LogP contribution is -2.32. The highest BCUT2D eigenvalue weighted by Gasteiger charge is 2.15. The Morgan fingerprint density at radius 2 is 2.16 bits per heavy atom. The van der Waals surface area contributed by atoms with Crippen molar-refractivity contribution >= 4 is 23.2 Å². The molecule has 0 aliphatic carbocycles. The van der Waals surface area contributed by atoms with Crippen LogP contribution < -0.4 is 5.32 Å². The first-order chi connectivity index (χ1) is 9.17. The van der Waals surface area contributed by atoms with Gasteiger partial charge in [-0.3, -0.25) is 4.68 Å². The molecule has 0 fully saturated rings. The van der Waals surface area contributed by atoms with Gasteiger partial charge >= 0.3 is 0 Å². The van der Waals surface area contributed by atoms with Crippen LogP contribution in [0.2, 0.25) is 5.02 Å². The van der Waals surface area contributed by atoms with Gasteiger partial charge < -0.3 is 10.1 Å². The number of nitrogens with one attached hydrogen (secondary N) is 1. The smallest absolute Gasteiger partial charge is 0.0863 e. The van der Waals surface area contributed by atoms with Crippen molar-refractivity contribution in [2.75, 3.05) is 19.6 Å². The molecule has 19 heavy (non-hydrogen) atoms. The topological polar surface area (TPSA) is 39.1 Å². The van der Waals surface area contributed by atoms with Gasteiger partial charge in [0, 0.05) is 38.7 Å². The van der Waals surface area contributed by atoms with Crippen molar-refractivity contribution in [3.8, 4) is 0 Å². The summed E-state index contributed by atoms with van der Waals surface area (Å²) in [5.41, 5.74) is 1.99. The minimum Gasteiger partial charge on any atom is -0.385 e. The number of hydrogen-bond donors (Lipinski definition) is 1. The first kappa shape index (κ1) is 16.8. The van der Waals surface area contributed by atoms with Gasteiger partial charge in [-0.2, -0.15) is 5.10 Å². The Morgan fingerprint density at radius 1 is 1.42 bits per heavy atom. The van der Waals surface area contributed by atoms with Gasteiger partial charge in [0.2, 0.25) is 0 Å². The highest BCUT2D eigenvalue weighted by atomic mass is 35.5. The molecule has 1 atom stereocenters. The van der Waals surface area contributed by atoms with Gasteiger partial charge in [0.1, 0.15) is 0 Å². The molecular formula is C13H23Cl2N3O. The van der Waals surface area contributed by atoms with Crippen molar-refractivity contribution in [2.45, 2.75) is 45.8 Å². The van der Waals surface area contributed by atoms with Crippen molar-refractivity contribution in [3.05, 3.63) is 16.4 Å². The van der Waals surface area contributed by atoms with Crippen LogP contribution in [0.5, 0.6) is 0 Å². The number of ether oxygens (including phenoxy) is 1. The van der Waals surface area contributed by atoms with E-state index in [1.165, 1.54) is 0 Å². The van der Waals surface area contributed by atoms with E-state index < -0.39 is 0 Å². The Hall–Kier alpha value is -0.290. The van der Waals surface area contributed by atoms with Crippen molar-refractivity contribution < 1.29 is 4.74 Å². The predicted molar refractivity (Wildman–Crippen MR) is 80.1 cm³/mol. The number of aryl methyl sites for hydroxylation is 2. The van der Waals surface area contributed by atoms with E-state index in [9.17, 15) is 0 Å². The third-order valence-electron chi connectivity index (χ3n) is 3.11. The molecule has 0 bridgehead atoms.